The second-order valence-electron chi connectivity index (χ2n) is 11.7. The maximum absolute atomic E-state index is 9.39. The first-order valence-corrected chi connectivity index (χ1v) is 15.6. The van der Waals surface area contributed by atoms with Crippen LogP contribution in [0.25, 0.3) is 0 Å². The normalized spacial score (nSPS) is 31.2. The molecule has 3 aliphatic heterocycles. The first-order chi connectivity index (χ1) is 17.4. The zero-order valence-electron chi connectivity index (χ0n) is 22.0. The van der Waals surface area contributed by atoms with Crippen molar-refractivity contribution in [2.75, 3.05) is 13.2 Å². The maximum atomic E-state index is 9.39. The van der Waals surface area contributed by atoms with E-state index in [0.717, 1.165) is 38.5 Å². The van der Waals surface area contributed by atoms with Crippen molar-refractivity contribution < 1.29 is 23.7 Å². The predicted molar refractivity (Wildman–Crippen MR) is 144 cm³/mol. The van der Waals surface area contributed by atoms with Crippen LogP contribution in [0.5, 0.6) is 0 Å². The summed E-state index contributed by atoms with van der Waals surface area (Å²) in [5, 5.41) is 12.0. The number of aliphatic hydroxyl groups excluding tert-OH is 1. The van der Waals surface area contributed by atoms with Crippen LogP contribution in [0, 0.1) is 0 Å². The molecule has 0 aromatic heterocycles. The second kappa shape index (κ2) is 11.1. The van der Waals surface area contributed by atoms with Crippen LogP contribution in [0.4, 0.5) is 0 Å². The molecule has 0 aliphatic carbocycles. The van der Waals surface area contributed by atoms with Crippen molar-refractivity contribution >= 4 is 18.7 Å². The summed E-state index contributed by atoms with van der Waals surface area (Å²) in [6, 6.07) is 21.6. The molecule has 1 N–H and O–H groups in total. The molecule has 3 saturated heterocycles. The molecule has 5 nitrogen and oxygen atoms in total. The minimum absolute atomic E-state index is 0.0246. The molecule has 0 saturated carbocycles. The lowest BCUT2D eigenvalue weighted by Gasteiger charge is -2.43. The number of aliphatic hydroxyl groups is 1. The van der Waals surface area contributed by atoms with Gasteiger partial charge in [0.15, 0.2) is 0 Å². The van der Waals surface area contributed by atoms with Crippen molar-refractivity contribution in [1.29, 1.82) is 0 Å². The first-order valence-electron chi connectivity index (χ1n) is 13.7. The number of rotatable bonds is 8. The topological polar surface area (TPSA) is 57.2 Å². The monoisotopic (exact) mass is 510 g/mol. The molecule has 0 amide bonds. The standard InChI is InChI=1S/C30H42O5Si/c1-30(2,3)36(24-10-6-4-7-11-24,25-12-8-5-9-13-25)32-21-23-15-17-27(34-23)29-19-18-28(35-29)26-16-14-22(20-31)33-26/h4-13,22-23,26-29,31H,14-21H2,1-3H3/t22-,23-,26+,27-,28+,29+/m0/s1. The molecule has 6 heteroatoms. The molecule has 2 aromatic carbocycles. The fraction of sp³-hybridized carbons (Fsp3) is 0.600. The van der Waals surface area contributed by atoms with E-state index in [0.29, 0.717) is 6.61 Å². The predicted octanol–water partition coefficient (Wildman–Crippen LogP) is 4.20. The second-order valence-corrected chi connectivity index (χ2v) is 16.0. The molecular weight excluding hydrogens is 468 g/mol. The third-order valence-corrected chi connectivity index (χ3v) is 13.3. The van der Waals surface area contributed by atoms with Crippen molar-refractivity contribution in [3.63, 3.8) is 0 Å². The summed E-state index contributed by atoms with van der Waals surface area (Å²) >= 11 is 0. The van der Waals surface area contributed by atoms with E-state index in [1.54, 1.807) is 0 Å². The molecule has 5 rings (SSSR count). The Kier molecular flexibility index (Phi) is 8.01. The van der Waals surface area contributed by atoms with Gasteiger partial charge in [0.2, 0.25) is 0 Å². The molecule has 36 heavy (non-hydrogen) atoms. The largest absolute Gasteiger partial charge is 0.405 e. The van der Waals surface area contributed by atoms with Crippen LogP contribution in [0.2, 0.25) is 5.04 Å². The van der Waals surface area contributed by atoms with Gasteiger partial charge in [0, 0.05) is 0 Å². The van der Waals surface area contributed by atoms with Gasteiger partial charge in [-0.15, -0.1) is 0 Å². The van der Waals surface area contributed by atoms with Crippen molar-refractivity contribution in [2.45, 2.75) is 101 Å². The van der Waals surface area contributed by atoms with E-state index in [4.69, 9.17) is 18.6 Å². The van der Waals surface area contributed by atoms with E-state index in [1.165, 1.54) is 10.4 Å². The Bertz CT molecular complexity index is 923. The zero-order chi connectivity index (χ0) is 25.2. The van der Waals surface area contributed by atoms with Gasteiger partial charge >= 0.3 is 0 Å². The number of benzene rings is 2. The van der Waals surface area contributed by atoms with Crippen LogP contribution >= 0.6 is 0 Å². The Hall–Kier alpha value is -1.54. The Morgan fingerprint density at radius 2 is 1.14 bits per heavy atom. The molecule has 0 bridgehead atoms. The Morgan fingerprint density at radius 3 is 1.61 bits per heavy atom. The SMILES string of the molecule is CC(C)(C)[Si](OC[C@@H]1CC[C@@H]([C@H]2CC[C@H]([C@H]3CC[C@@H](CO)O3)O2)O1)(c1ccccc1)c1ccccc1. The Balaban J connectivity index is 1.25. The molecule has 196 valence electrons. The van der Waals surface area contributed by atoms with Crippen molar-refractivity contribution in [1.82, 2.24) is 0 Å². The van der Waals surface area contributed by atoms with Gasteiger partial charge < -0.3 is 23.7 Å². The summed E-state index contributed by atoms with van der Waals surface area (Å²) in [5.74, 6) is 0. The lowest BCUT2D eigenvalue weighted by atomic mass is 10.0. The Morgan fingerprint density at radius 1 is 0.694 bits per heavy atom. The molecule has 3 fully saturated rings. The molecule has 2 aromatic rings. The van der Waals surface area contributed by atoms with Gasteiger partial charge in [-0.25, -0.2) is 0 Å². The van der Waals surface area contributed by atoms with Crippen molar-refractivity contribution in [3.05, 3.63) is 60.7 Å². The van der Waals surface area contributed by atoms with Gasteiger partial charge in [-0.2, -0.15) is 0 Å². The minimum Gasteiger partial charge on any atom is -0.405 e. The van der Waals surface area contributed by atoms with E-state index >= 15 is 0 Å². The highest BCUT2D eigenvalue weighted by Crippen LogP contribution is 2.39. The van der Waals surface area contributed by atoms with Crippen molar-refractivity contribution in [2.24, 2.45) is 0 Å². The van der Waals surface area contributed by atoms with Crippen LogP contribution in [0.3, 0.4) is 0 Å². The summed E-state index contributed by atoms with van der Waals surface area (Å²) in [5.41, 5.74) is 0. The van der Waals surface area contributed by atoms with Gasteiger partial charge in [0.05, 0.1) is 49.8 Å². The van der Waals surface area contributed by atoms with Crippen LogP contribution in [-0.2, 0) is 18.6 Å². The van der Waals surface area contributed by atoms with E-state index < -0.39 is 8.32 Å². The lowest BCUT2D eigenvalue weighted by Crippen LogP contribution is -2.67. The van der Waals surface area contributed by atoms with Gasteiger partial charge in [0.1, 0.15) is 0 Å². The minimum atomic E-state index is -2.56. The van der Waals surface area contributed by atoms with E-state index in [2.05, 4.69) is 81.4 Å². The summed E-state index contributed by atoms with van der Waals surface area (Å²) in [6.45, 7) is 7.65. The van der Waals surface area contributed by atoms with E-state index in [1.807, 2.05) is 0 Å². The average Bonchev–Trinajstić information content (AvgIpc) is 3.65. The lowest BCUT2D eigenvalue weighted by molar-refractivity contribution is -0.110. The third kappa shape index (κ3) is 5.22. The summed E-state index contributed by atoms with van der Waals surface area (Å²) in [7, 11) is -2.56. The van der Waals surface area contributed by atoms with Crippen LogP contribution < -0.4 is 10.4 Å². The highest BCUT2D eigenvalue weighted by atomic mass is 28.4. The van der Waals surface area contributed by atoms with Crippen molar-refractivity contribution in [3.8, 4) is 0 Å². The van der Waals surface area contributed by atoms with Gasteiger partial charge in [0.25, 0.3) is 8.32 Å². The summed E-state index contributed by atoms with van der Waals surface area (Å²) in [4.78, 5) is 0. The molecule has 3 heterocycles. The number of ether oxygens (including phenoxy) is 3. The Labute approximate surface area is 217 Å². The molecule has 3 aliphatic rings. The first kappa shape index (κ1) is 26.1. The quantitative estimate of drug-likeness (QED) is 0.540. The van der Waals surface area contributed by atoms with Crippen LogP contribution in [-0.4, -0.2) is 63.3 Å². The maximum Gasteiger partial charge on any atom is 0.261 e. The van der Waals surface area contributed by atoms with Gasteiger partial charge in [-0.1, -0.05) is 81.4 Å². The molecule has 0 radical (unpaired) electrons. The summed E-state index contributed by atoms with van der Waals surface area (Å²) < 4.78 is 26.1. The molecule has 6 atom stereocenters. The highest BCUT2D eigenvalue weighted by Gasteiger charge is 2.51. The van der Waals surface area contributed by atoms with E-state index in [9.17, 15) is 5.11 Å². The molecular formula is C30H42O5Si. The van der Waals surface area contributed by atoms with Crippen LogP contribution in [0.1, 0.15) is 59.3 Å². The smallest absolute Gasteiger partial charge is 0.261 e. The number of hydrogen-bond donors (Lipinski definition) is 1. The third-order valence-electron chi connectivity index (χ3n) is 8.30. The fourth-order valence-corrected chi connectivity index (χ4v) is 11.1. The molecule has 0 unspecified atom stereocenters. The average molecular weight is 511 g/mol. The highest BCUT2D eigenvalue weighted by molar-refractivity contribution is 6.99. The van der Waals surface area contributed by atoms with Crippen LogP contribution in [0.15, 0.2) is 60.7 Å². The van der Waals surface area contributed by atoms with Gasteiger partial charge in [-0.3, -0.25) is 0 Å². The van der Waals surface area contributed by atoms with E-state index in [-0.39, 0.29) is 48.3 Å². The fourth-order valence-electron chi connectivity index (χ4n) is 6.49. The number of hydrogen-bond acceptors (Lipinski definition) is 5. The zero-order valence-corrected chi connectivity index (χ0v) is 23.0. The summed E-state index contributed by atoms with van der Waals surface area (Å²) in [6.07, 6.45) is 6.49. The molecule has 0 spiro atoms. The van der Waals surface area contributed by atoms with Gasteiger partial charge in [-0.05, 0) is 53.9 Å².